The van der Waals surface area contributed by atoms with Crippen LogP contribution in [0.4, 0.5) is 5.69 Å². The van der Waals surface area contributed by atoms with Crippen molar-refractivity contribution in [3.63, 3.8) is 0 Å². The molecule has 1 aromatic heterocycles. The zero-order valence-corrected chi connectivity index (χ0v) is 11.6. The number of hydrogen-bond acceptors (Lipinski definition) is 5. The largest absolute Gasteiger partial charge is 0.380 e. The Hall–Kier alpha value is -2.25. The molecule has 0 radical (unpaired) electrons. The molecule has 2 heterocycles. The standard InChI is InChI=1S/C14H16N4O3/c1-21-11-6-12(15-7-11)14-16-8-13(17-14)9-2-4-10(5-3-9)18(19)20/h2-5,8,11-12,15H,6-7H2,1H3,(H,16,17). The summed E-state index contributed by atoms with van der Waals surface area (Å²) in [5, 5.41) is 14.0. The van der Waals surface area contributed by atoms with Gasteiger partial charge in [-0.15, -0.1) is 0 Å². The van der Waals surface area contributed by atoms with E-state index >= 15 is 0 Å². The van der Waals surface area contributed by atoms with E-state index in [9.17, 15) is 10.1 Å². The van der Waals surface area contributed by atoms with Crippen LogP contribution in [0.15, 0.2) is 30.5 Å². The maximum absolute atomic E-state index is 10.7. The molecule has 21 heavy (non-hydrogen) atoms. The molecule has 7 nitrogen and oxygen atoms in total. The van der Waals surface area contributed by atoms with E-state index in [1.807, 2.05) is 0 Å². The second kappa shape index (κ2) is 5.63. The van der Waals surface area contributed by atoms with Gasteiger partial charge < -0.3 is 15.0 Å². The molecule has 1 fully saturated rings. The highest BCUT2D eigenvalue weighted by Gasteiger charge is 2.27. The predicted octanol–water partition coefficient (Wildman–Crippen LogP) is 2.03. The molecule has 1 aliphatic rings. The van der Waals surface area contributed by atoms with E-state index in [2.05, 4.69) is 15.3 Å². The van der Waals surface area contributed by atoms with Crippen molar-refractivity contribution in [3.05, 3.63) is 46.4 Å². The first-order valence-corrected chi connectivity index (χ1v) is 6.73. The number of nitrogens with one attached hydrogen (secondary N) is 2. The van der Waals surface area contributed by atoms with Crippen LogP contribution in [0.1, 0.15) is 18.3 Å². The Labute approximate surface area is 121 Å². The van der Waals surface area contributed by atoms with Crippen LogP contribution >= 0.6 is 0 Å². The first kappa shape index (κ1) is 13.7. The summed E-state index contributed by atoms with van der Waals surface area (Å²) in [7, 11) is 1.71. The monoisotopic (exact) mass is 288 g/mol. The highest BCUT2D eigenvalue weighted by Crippen LogP contribution is 2.26. The first-order chi connectivity index (χ1) is 10.2. The van der Waals surface area contributed by atoms with Crippen LogP contribution in [0.5, 0.6) is 0 Å². The van der Waals surface area contributed by atoms with Crippen LogP contribution in [0.3, 0.4) is 0 Å². The zero-order chi connectivity index (χ0) is 14.8. The number of aromatic nitrogens is 2. The average molecular weight is 288 g/mol. The first-order valence-electron chi connectivity index (χ1n) is 6.73. The molecule has 0 bridgehead atoms. The van der Waals surface area contributed by atoms with Crippen molar-refractivity contribution in [2.24, 2.45) is 0 Å². The summed E-state index contributed by atoms with van der Waals surface area (Å²) in [5.41, 5.74) is 1.81. The van der Waals surface area contributed by atoms with Gasteiger partial charge in [0.05, 0.1) is 29.0 Å². The third-order valence-electron chi connectivity index (χ3n) is 3.74. The summed E-state index contributed by atoms with van der Waals surface area (Å²) >= 11 is 0. The van der Waals surface area contributed by atoms with Gasteiger partial charge in [0.1, 0.15) is 5.82 Å². The summed E-state index contributed by atoms with van der Waals surface area (Å²) in [5.74, 6) is 0.864. The number of hydrogen-bond donors (Lipinski definition) is 2. The van der Waals surface area contributed by atoms with Crippen LogP contribution in [0.25, 0.3) is 11.3 Å². The quantitative estimate of drug-likeness (QED) is 0.663. The lowest BCUT2D eigenvalue weighted by Crippen LogP contribution is -2.16. The van der Waals surface area contributed by atoms with Crippen LogP contribution in [0, 0.1) is 10.1 Å². The fourth-order valence-corrected chi connectivity index (χ4v) is 2.51. The molecule has 3 rings (SSSR count). The number of nitro benzene ring substituents is 1. The van der Waals surface area contributed by atoms with Crippen LogP contribution < -0.4 is 5.32 Å². The van der Waals surface area contributed by atoms with Crippen molar-refractivity contribution in [1.29, 1.82) is 0 Å². The third kappa shape index (κ3) is 2.79. The number of methoxy groups -OCH3 is 1. The molecular weight excluding hydrogens is 272 g/mol. The molecule has 7 heteroatoms. The van der Waals surface area contributed by atoms with E-state index in [1.54, 1.807) is 25.4 Å². The van der Waals surface area contributed by atoms with Crippen molar-refractivity contribution in [1.82, 2.24) is 15.3 Å². The molecule has 0 aliphatic carbocycles. The van der Waals surface area contributed by atoms with Gasteiger partial charge in [0.25, 0.3) is 5.69 Å². The van der Waals surface area contributed by atoms with Gasteiger partial charge in [-0.1, -0.05) is 0 Å². The number of ether oxygens (including phenoxy) is 1. The van der Waals surface area contributed by atoms with Crippen LogP contribution in [0.2, 0.25) is 0 Å². The molecule has 0 spiro atoms. The lowest BCUT2D eigenvalue weighted by Gasteiger charge is -2.06. The van der Waals surface area contributed by atoms with Crippen LogP contribution in [-0.4, -0.2) is 34.6 Å². The summed E-state index contributed by atoms with van der Waals surface area (Å²) in [6, 6.07) is 6.57. The number of aromatic amines is 1. The Morgan fingerprint density at radius 2 is 2.14 bits per heavy atom. The predicted molar refractivity (Wildman–Crippen MR) is 76.8 cm³/mol. The van der Waals surface area contributed by atoms with Crippen molar-refractivity contribution in [2.75, 3.05) is 13.7 Å². The highest BCUT2D eigenvalue weighted by atomic mass is 16.6. The Bertz CT molecular complexity index is 638. The van der Waals surface area contributed by atoms with Gasteiger partial charge in [0.15, 0.2) is 0 Å². The molecule has 2 aromatic rings. The second-order valence-electron chi connectivity index (χ2n) is 5.04. The van der Waals surface area contributed by atoms with E-state index < -0.39 is 4.92 Å². The highest BCUT2D eigenvalue weighted by molar-refractivity contribution is 5.60. The zero-order valence-electron chi connectivity index (χ0n) is 11.6. The molecule has 0 saturated carbocycles. The normalized spacial score (nSPS) is 21.6. The van der Waals surface area contributed by atoms with Gasteiger partial charge in [0, 0.05) is 31.4 Å². The van der Waals surface area contributed by atoms with Gasteiger partial charge in [-0.3, -0.25) is 10.1 Å². The van der Waals surface area contributed by atoms with Crippen molar-refractivity contribution >= 4 is 5.69 Å². The maximum atomic E-state index is 10.7. The Morgan fingerprint density at radius 3 is 2.76 bits per heavy atom. The number of H-pyrrole nitrogens is 1. The molecule has 2 N–H and O–H groups in total. The summed E-state index contributed by atoms with van der Waals surface area (Å²) in [6.07, 6.45) is 2.84. The number of imidazole rings is 1. The fourth-order valence-electron chi connectivity index (χ4n) is 2.51. The van der Waals surface area contributed by atoms with Crippen molar-refractivity contribution in [3.8, 4) is 11.3 Å². The summed E-state index contributed by atoms with van der Waals surface area (Å²) < 4.78 is 5.32. The van der Waals surface area contributed by atoms with Gasteiger partial charge in [-0.25, -0.2) is 4.98 Å². The minimum absolute atomic E-state index is 0.0823. The maximum Gasteiger partial charge on any atom is 0.269 e. The van der Waals surface area contributed by atoms with E-state index in [0.29, 0.717) is 0 Å². The number of non-ortho nitro benzene ring substituents is 1. The Kier molecular flexibility index (Phi) is 3.68. The summed E-state index contributed by atoms with van der Waals surface area (Å²) in [4.78, 5) is 17.9. The van der Waals surface area contributed by atoms with Gasteiger partial charge in [-0.2, -0.15) is 0 Å². The van der Waals surface area contributed by atoms with Crippen molar-refractivity contribution < 1.29 is 9.66 Å². The molecule has 1 aliphatic heterocycles. The third-order valence-corrected chi connectivity index (χ3v) is 3.74. The lowest BCUT2D eigenvalue weighted by atomic mass is 10.1. The number of rotatable bonds is 4. The van der Waals surface area contributed by atoms with Gasteiger partial charge >= 0.3 is 0 Å². The minimum Gasteiger partial charge on any atom is -0.380 e. The Balaban J connectivity index is 1.77. The van der Waals surface area contributed by atoms with Crippen molar-refractivity contribution in [2.45, 2.75) is 18.6 Å². The smallest absolute Gasteiger partial charge is 0.269 e. The molecule has 1 aromatic carbocycles. The SMILES string of the molecule is COC1CNC(c2ncc(-c3ccc([N+](=O)[O-])cc3)[nH]2)C1. The topological polar surface area (TPSA) is 93.1 Å². The van der Waals surface area contributed by atoms with Gasteiger partial charge in [-0.05, 0) is 18.6 Å². The van der Waals surface area contributed by atoms with E-state index in [0.717, 1.165) is 30.0 Å². The van der Waals surface area contributed by atoms with Crippen LogP contribution in [-0.2, 0) is 4.74 Å². The number of nitrogens with zero attached hydrogens (tertiary/aromatic N) is 2. The Morgan fingerprint density at radius 1 is 1.38 bits per heavy atom. The van der Waals surface area contributed by atoms with E-state index in [1.165, 1.54) is 12.1 Å². The lowest BCUT2D eigenvalue weighted by molar-refractivity contribution is -0.384. The average Bonchev–Trinajstić information content (AvgIpc) is 3.16. The minimum atomic E-state index is -0.407. The molecule has 1 saturated heterocycles. The molecule has 110 valence electrons. The molecular formula is C14H16N4O3. The summed E-state index contributed by atoms with van der Waals surface area (Å²) in [6.45, 7) is 0.814. The van der Waals surface area contributed by atoms with E-state index in [4.69, 9.17) is 4.74 Å². The van der Waals surface area contributed by atoms with Gasteiger partial charge in [0.2, 0.25) is 0 Å². The number of nitro groups is 1. The molecule has 2 atom stereocenters. The molecule has 2 unspecified atom stereocenters. The fraction of sp³-hybridized carbons (Fsp3) is 0.357. The second-order valence-corrected chi connectivity index (χ2v) is 5.04. The van der Waals surface area contributed by atoms with E-state index in [-0.39, 0.29) is 17.8 Å². The number of benzene rings is 1. The molecule has 0 amide bonds.